The fraction of sp³-hybridized carbons (Fsp3) is 0.0909. The summed E-state index contributed by atoms with van der Waals surface area (Å²) in [5.41, 5.74) is 0.745. The first-order valence-electron chi connectivity index (χ1n) is 4.33. The van der Waals surface area contributed by atoms with Gasteiger partial charge in [0, 0.05) is 24.2 Å². The summed E-state index contributed by atoms with van der Waals surface area (Å²) in [5.74, 6) is -0.144. The summed E-state index contributed by atoms with van der Waals surface area (Å²) in [4.78, 5) is 15.1. The third kappa shape index (κ3) is 3.67. The molecule has 0 spiro atoms. The molecule has 0 saturated carbocycles. The molecule has 1 amide bonds. The van der Waals surface area contributed by atoms with Crippen molar-refractivity contribution in [1.29, 1.82) is 0 Å². The fourth-order valence-electron chi connectivity index (χ4n) is 0.873. The molecule has 1 aromatic heterocycles. The lowest BCUT2D eigenvalue weighted by Gasteiger charge is -1.99. The number of hydrogen-bond donors (Lipinski definition) is 1. The van der Waals surface area contributed by atoms with Crippen molar-refractivity contribution < 1.29 is 4.79 Å². The van der Waals surface area contributed by atoms with Crippen LogP contribution in [0.2, 0.25) is 0 Å². The van der Waals surface area contributed by atoms with Gasteiger partial charge in [-0.2, -0.15) is 0 Å². The van der Waals surface area contributed by atoms with Crippen molar-refractivity contribution >= 4 is 11.6 Å². The Bertz CT molecular complexity index is 342. The zero-order chi connectivity index (χ0) is 10.2. The number of nitrogens with one attached hydrogen (secondary N) is 1. The number of anilines is 1. The molecule has 0 aromatic carbocycles. The van der Waals surface area contributed by atoms with E-state index in [1.54, 1.807) is 36.7 Å². The second-order valence-corrected chi connectivity index (χ2v) is 2.61. The third-order valence-electron chi connectivity index (χ3n) is 1.50. The number of allylic oxidation sites excluding steroid dienone is 3. The summed E-state index contributed by atoms with van der Waals surface area (Å²) in [5, 5.41) is 2.70. The number of carbonyl (C=O) groups excluding carboxylic acids is 1. The quantitative estimate of drug-likeness (QED) is 0.583. The van der Waals surface area contributed by atoms with Crippen molar-refractivity contribution in [3.8, 4) is 0 Å². The molecule has 72 valence electrons. The van der Waals surface area contributed by atoms with Crippen LogP contribution in [0.4, 0.5) is 5.69 Å². The topological polar surface area (TPSA) is 42.0 Å². The number of nitrogens with zero attached hydrogens (tertiary/aromatic N) is 1. The molecule has 0 fully saturated rings. The molecule has 0 aliphatic rings. The lowest BCUT2D eigenvalue weighted by molar-refractivity contribution is -0.111. The van der Waals surface area contributed by atoms with E-state index in [1.807, 2.05) is 13.0 Å². The first-order valence-corrected chi connectivity index (χ1v) is 4.33. The Hall–Kier alpha value is -1.90. The minimum atomic E-state index is -0.144. The van der Waals surface area contributed by atoms with Crippen molar-refractivity contribution in [2.75, 3.05) is 5.32 Å². The predicted octanol–water partition coefficient (Wildman–Crippen LogP) is 2.15. The molecule has 1 aromatic rings. The minimum Gasteiger partial charge on any atom is -0.322 e. The van der Waals surface area contributed by atoms with Crippen molar-refractivity contribution in [3.05, 3.63) is 48.8 Å². The van der Waals surface area contributed by atoms with Crippen molar-refractivity contribution in [2.24, 2.45) is 0 Å². The van der Waals surface area contributed by atoms with E-state index in [1.165, 1.54) is 6.08 Å². The first kappa shape index (κ1) is 10.2. The molecule has 14 heavy (non-hydrogen) atoms. The highest BCUT2D eigenvalue weighted by molar-refractivity contribution is 5.99. The number of hydrogen-bond acceptors (Lipinski definition) is 2. The molecule has 1 rings (SSSR count). The number of pyridine rings is 1. The van der Waals surface area contributed by atoms with Crippen LogP contribution in [0.3, 0.4) is 0 Å². The maximum atomic E-state index is 11.2. The average molecular weight is 188 g/mol. The van der Waals surface area contributed by atoms with E-state index in [0.29, 0.717) is 0 Å². The van der Waals surface area contributed by atoms with Crippen molar-refractivity contribution in [2.45, 2.75) is 6.92 Å². The molecule has 0 unspecified atom stereocenters. The SMILES string of the molecule is C/C=C/C=C/C(=O)Nc1ccncc1. The van der Waals surface area contributed by atoms with E-state index in [4.69, 9.17) is 0 Å². The van der Waals surface area contributed by atoms with Crippen LogP contribution in [-0.2, 0) is 4.79 Å². The molecular weight excluding hydrogens is 176 g/mol. The van der Waals surface area contributed by atoms with Gasteiger partial charge < -0.3 is 5.32 Å². The average Bonchev–Trinajstić information content (AvgIpc) is 2.20. The summed E-state index contributed by atoms with van der Waals surface area (Å²) >= 11 is 0. The predicted molar refractivity (Wildman–Crippen MR) is 56.8 cm³/mol. The van der Waals surface area contributed by atoms with E-state index in [-0.39, 0.29) is 5.91 Å². The van der Waals surface area contributed by atoms with Crippen LogP contribution >= 0.6 is 0 Å². The van der Waals surface area contributed by atoms with E-state index < -0.39 is 0 Å². The highest BCUT2D eigenvalue weighted by Crippen LogP contribution is 2.02. The van der Waals surface area contributed by atoms with Gasteiger partial charge in [0.25, 0.3) is 0 Å². The van der Waals surface area contributed by atoms with Gasteiger partial charge in [0.1, 0.15) is 0 Å². The third-order valence-corrected chi connectivity index (χ3v) is 1.50. The molecular formula is C11H12N2O. The molecule has 0 radical (unpaired) electrons. The largest absolute Gasteiger partial charge is 0.322 e. The Kier molecular flexibility index (Phi) is 4.14. The van der Waals surface area contributed by atoms with Crippen LogP contribution in [0.15, 0.2) is 48.8 Å². The van der Waals surface area contributed by atoms with Gasteiger partial charge in [-0.15, -0.1) is 0 Å². The second-order valence-electron chi connectivity index (χ2n) is 2.61. The number of aromatic nitrogens is 1. The van der Waals surface area contributed by atoms with Gasteiger partial charge in [-0.1, -0.05) is 18.2 Å². The standard InChI is InChI=1S/C11H12N2O/c1-2-3-4-5-11(14)13-10-6-8-12-9-7-10/h2-9H,1H3,(H,12,13,14)/b3-2+,5-4+. The summed E-state index contributed by atoms with van der Waals surface area (Å²) < 4.78 is 0. The highest BCUT2D eigenvalue weighted by atomic mass is 16.1. The number of amides is 1. The minimum absolute atomic E-state index is 0.144. The zero-order valence-electron chi connectivity index (χ0n) is 7.97. The zero-order valence-corrected chi connectivity index (χ0v) is 7.97. The van der Waals surface area contributed by atoms with Gasteiger partial charge in [-0.25, -0.2) is 0 Å². The highest BCUT2D eigenvalue weighted by Gasteiger charge is 1.94. The van der Waals surface area contributed by atoms with E-state index in [2.05, 4.69) is 10.3 Å². The van der Waals surface area contributed by atoms with Crippen LogP contribution in [-0.4, -0.2) is 10.9 Å². The van der Waals surface area contributed by atoms with Gasteiger partial charge in [-0.05, 0) is 19.1 Å². The summed E-state index contributed by atoms with van der Waals surface area (Å²) in [7, 11) is 0. The van der Waals surface area contributed by atoms with Crippen LogP contribution in [0.1, 0.15) is 6.92 Å². The molecule has 0 aliphatic heterocycles. The van der Waals surface area contributed by atoms with Gasteiger partial charge in [0.2, 0.25) is 5.91 Å². The molecule has 3 nitrogen and oxygen atoms in total. The first-order chi connectivity index (χ1) is 6.83. The van der Waals surface area contributed by atoms with Gasteiger partial charge in [0.05, 0.1) is 0 Å². The number of carbonyl (C=O) groups is 1. The fourth-order valence-corrected chi connectivity index (χ4v) is 0.873. The lowest BCUT2D eigenvalue weighted by atomic mass is 10.4. The molecule has 0 bridgehead atoms. The molecule has 0 atom stereocenters. The summed E-state index contributed by atoms with van der Waals surface area (Å²) in [6.07, 6.45) is 10.1. The molecule has 0 aliphatic carbocycles. The summed E-state index contributed by atoms with van der Waals surface area (Å²) in [6.45, 7) is 1.89. The molecule has 0 saturated heterocycles. The maximum Gasteiger partial charge on any atom is 0.248 e. The smallest absolute Gasteiger partial charge is 0.248 e. The Morgan fingerprint density at radius 1 is 1.36 bits per heavy atom. The van der Waals surface area contributed by atoms with E-state index >= 15 is 0 Å². The normalized spacial score (nSPS) is 10.9. The van der Waals surface area contributed by atoms with Crippen LogP contribution in [0.25, 0.3) is 0 Å². The van der Waals surface area contributed by atoms with Crippen molar-refractivity contribution in [1.82, 2.24) is 4.98 Å². The van der Waals surface area contributed by atoms with Gasteiger partial charge >= 0.3 is 0 Å². The van der Waals surface area contributed by atoms with Crippen molar-refractivity contribution in [3.63, 3.8) is 0 Å². The summed E-state index contributed by atoms with van der Waals surface area (Å²) in [6, 6.07) is 3.47. The van der Waals surface area contributed by atoms with Gasteiger partial charge in [0.15, 0.2) is 0 Å². The van der Waals surface area contributed by atoms with E-state index in [9.17, 15) is 4.79 Å². The Balaban J connectivity index is 2.50. The Morgan fingerprint density at radius 2 is 2.07 bits per heavy atom. The second kappa shape index (κ2) is 5.70. The van der Waals surface area contributed by atoms with Crippen LogP contribution in [0.5, 0.6) is 0 Å². The molecule has 3 heteroatoms. The van der Waals surface area contributed by atoms with Gasteiger partial charge in [-0.3, -0.25) is 9.78 Å². The Labute approximate surface area is 83.2 Å². The van der Waals surface area contributed by atoms with Crippen LogP contribution in [0, 0.1) is 0 Å². The monoisotopic (exact) mass is 188 g/mol. The maximum absolute atomic E-state index is 11.2. The lowest BCUT2D eigenvalue weighted by Crippen LogP contribution is -2.07. The Morgan fingerprint density at radius 3 is 2.71 bits per heavy atom. The van der Waals surface area contributed by atoms with Crippen LogP contribution < -0.4 is 5.32 Å². The molecule has 1 N–H and O–H groups in total. The number of rotatable bonds is 3. The van der Waals surface area contributed by atoms with E-state index in [0.717, 1.165) is 5.69 Å². The molecule has 1 heterocycles.